The molecule has 6 heteroatoms. The van der Waals surface area contributed by atoms with Crippen LogP contribution in [-0.4, -0.2) is 22.0 Å². The number of carbonyl (C=O) groups is 1. The van der Waals surface area contributed by atoms with Crippen molar-refractivity contribution in [2.75, 3.05) is 0 Å². The standard InChI is InChI=1S/C14H17F2NO3/c1-8(13(19)20)9-4-5-14(15,16)11(6-9)10-2-3-12(18)17-7-10/h2-3,7-9,11H,4-6H2,1H3,(H,17,18)(H,19,20)/t8?,9?,11-/m1/s1. The van der Waals surface area contributed by atoms with E-state index in [0.29, 0.717) is 5.56 Å². The first-order valence-electron chi connectivity index (χ1n) is 6.60. The van der Waals surface area contributed by atoms with Crippen molar-refractivity contribution < 1.29 is 18.7 Å². The van der Waals surface area contributed by atoms with Crippen LogP contribution in [0.5, 0.6) is 0 Å². The van der Waals surface area contributed by atoms with E-state index in [0.717, 1.165) is 0 Å². The molecular weight excluding hydrogens is 268 g/mol. The Morgan fingerprint density at radius 1 is 1.50 bits per heavy atom. The van der Waals surface area contributed by atoms with Crippen LogP contribution in [0.2, 0.25) is 0 Å². The van der Waals surface area contributed by atoms with Gasteiger partial charge in [0.1, 0.15) is 0 Å². The third-order valence-corrected chi connectivity index (χ3v) is 4.20. The van der Waals surface area contributed by atoms with Crippen molar-refractivity contribution in [3.05, 3.63) is 34.2 Å². The number of H-pyrrole nitrogens is 1. The van der Waals surface area contributed by atoms with Crippen LogP contribution in [0.1, 0.15) is 37.7 Å². The van der Waals surface area contributed by atoms with Crippen molar-refractivity contribution in [1.29, 1.82) is 0 Å². The van der Waals surface area contributed by atoms with Gasteiger partial charge >= 0.3 is 5.97 Å². The van der Waals surface area contributed by atoms with Gasteiger partial charge in [-0.05, 0) is 24.3 Å². The summed E-state index contributed by atoms with van der Waals surface area (Å²) in [5, 5.41) is 9.02. The Balaban J connectivity index is 2.25. The summed E-state index contributed by atoms with van der Waals surface area (Å²) in [5.74, 6) is -5.78. The zero-order valence-electron chi connectivity index (χ0n) is 11.1. The molecule has 1 aliphatic rings. The van der Waals surface area contributed by atoms with Crippen molar-refractivity contribution in [1.82, 2.24) is 4.98 Å². The largest absolute Gasteiger partial charge is 0.481 e. The predicted octanol–water partition coefficient (Wildman–Crippen LogP) is 2.61. The summed E-state index contributed by atoms with van der Waals surface area (Å²) in [4.78, 5) is 24.4. The third-order valence-electron chi connectivity index (χ3n) is 4.20. The molecule has 1 aromatic heterocycles. The van der Waals surface area contributed by atoms with Gasteiger partial charge in [-0.25, -0.2) is 8.78 Å². The lowest BCUT2D eigenvalue weighted by Gasteiger charge is -2.37. The van der Waals surface area contributed by atoms with Gasteiger partial charge in [0.2, 0.25) is 5.56 Å². The van der Waals surface area contributed by atoms with E-state index in [1.807, 2.05) is 0 Å². The van der Waals surface area contributed by atoms with Gasteiger partial charge in [-0.15, -0.1) is 0 Å². The van der Waals surface area contributed by atoms with Crippen LogP contribution in [0, 0.1) is 11.8 Å². The molecule has 3 atom stereocenters. The summed E-state index contributed by atoms with van der Waals surface area (Å²) in [7, 11) is 0. The maximum absolute atomic E-state index is 14.1. The number of carboxylic acids is 1. The summed E-state index contributed by atoms with van der Waals surface area (Å²) >= 11 is 0. The average molecular weight is 285 g/mol. The molecule has 1 heterocycles. The van der Waals surface area contributed by atoms with E-state index in [9.17, 15) is 18.4 Å². The normalized spacial score (nSPS) is 26.9. The van der Waals surface area contributed by atoms with Crippen molar-refractivity contribution in [3.8, 4) is 0 Å². The minimum atomic E-state index is -2.87. The lowest BCUT2D eigenvalue weighted by molar-refractivity contribution is -0.145. The van der Waals surface area contributed by atoms with Crippen molar-refractivity contribution >= 4 is 5.97 Å². The number of aromatic amines is 1. The molecule has 0 aromatic carbocycles. The second-order valence-corrected chi connectivity index (χ2v) is 5.46. The number of aliphatic carboxylic acids is 1. The maximum Gasteiger partial charge on any atom is 0.306 e. The van der Waals surface area contributed by atoms with Gasteiger partial charge in [0.15, 0.2) is 0 Å². The van der Waals surface area contributed by atoms with Gasteiger partial charge in [0, 0.05) is 24.6 Å². The van der Waals surface area contributed by atoms with E-state index in [4.69, 9.17) is 5.11 Å². The molecular formula is C14H17F2NO3. The van der Waals surface area contributed by atoms with Crippen LogP contribution < -0.4 is 5.56 Å². The summed E-state index contributed by atoms with van der Waals surface area (Å²) in [6, 6.07) is 2.61. The highest BCUT2D eigenvalue weighted by atomic mass is 19.3. The number of alkyl halides is 2. The Morgan fingerprint density at radius 3 is 2.75 bits per heavy atom. The zero-order valence-corrected chi connectivity index (χ0v) is 11.1. The van der Waals surface area contributed by atoms with Crippen molar-refractivity contribution in [2.45, 2.75) is 38.0 Å². The van der Waals surface area contributed by atoms with E-state index in [-0.39, 0.29) is 30.7 Å². The molecule has 0 aliphatic heterocycles. The molecule has 110 valence electrons. The molecule has 4 nitrogen and oxygen atoms in total. The van der Waals surface area contributed by atoms with E-state index in [2.05, 4.69) is 4.98 Å². The minimum Gasteiger partial charge on any atom is -0.481 e. The fraction of sp³-hybridized carbons (Fsp3) is 0.571. The van der Waals surface area contributed by atoms with Crippen molar-refractivity contribution in [2.24, 2.45) is 11.8 Å². The van der Waals surface area contributed by atoms with E-state index >= 15 is 0 Å². The fourth-order valence-corrected chi connectivity index (χ4v) is 2.82. The molecule has 1 saturated carbocycles. The van der Waals surface area contributed by atoms with Crippen LogP contribution in [-0.2, 0) is 4.79 Å². The summed E-state index contributed by atoms with van der Waals surface area (Å²) in [6.45, 7) is 1.56. The third kappa shape index (κ3) is 2.89. The Kier molecular flexibility index (Phi) is 3.92. The molecule has 0 amide bonds. The van der Waals surface area contributed by atoms with Crippen LogP contribution in [0.3, 0.4) is 0 Å². The molecule has 0 saturated heterocycles. The number of aromatic nitrogens is 1. The molecule has 1 aromatic rings. The number of halogens is 2. The number of carboxylic acid groups (broad SMARTS) is 1. The van der Waals surface area contributed by atoms with E-state index < -0.39 is 23.7 Å². The summed E-state index contributed by atoms with van der Waals surface area (Å²) in [6.07, 6.45) is 1.31. The minimum absolute atomic E-state index is 0.118. The van der Waals surface area contributed by atoms with Crippen molar-refractivity contribution in [3.63, 3.8) is 0 Å². The highest BCUT2D eigenvalue weighted by Crippen LogP contribution is 2.48. The Hall–Kier alpha value is -1.72. The molecule has 20 heavy (non-hydrogen) atoms. The summed E-state index contributed by atoms with van der Waals surface area (Å²) in [5.41, 5.74) is 0.0141. The highest BCUT2D eigenvalue weighted by Gasteiger charge is 2.47. The first-order valence-corrected chi connectivity index (χ1v) is 6.60. The van der Waals surface area contributed by atoms with E-state index in [1.54, 1.807) is 6.92 Å². The smallest absolute Gasteiger partial charge is 0.306 e. The zero-order chi connectivity index (χ0) is 14.9. The quantitative estimate of drug-likeness (QED) is 0.896. The van der Waals surface area contributed by atoms with Gasteiger partial charge in [0.05, 0.1) is 5.92 Å². The van der Waals surface area contributed by atoms with Crippen LogP contribution in [0.4, 0.5) is 8.78 Å². The average Bonchev–Trinajstić information content (AvgIpc) is 2.39. The monoisotopic (exact) mass is 285 g/mol. The molecule has 1 aliphatic carbocycles. The fourth-order valence-electron chi connectivity index (χ4n) is 2.82. The summed E-state index contributed by atoms with van der Waals surface area (Å²) < 4.78 is 28.1. The first kappa shape index (κ1) is 14.7. The topological polar surface area (TPSA) is 70.2 Å². The van der Waals surface area contributed by atoms with Gasteiger partial charge in [-0.2, -0.15) is 0 Å². The van der Waals surface area contributed by atoms with Gasteiger partial charge in [-0.3, -0.25) is 9.59 Å². The number of hydrogen-bond acceptors (Lipinski definition) is 2. The molecule has 2 N–H and O–H groups in total. The second kappa shape index (κ2) is 5.34. The molecule has 0 spiro atoms. The van der Waals surface area contributed by atoms with Crippen LogP contribution >= 0.6 is 0 Å². The van der Waals surface area contributed by atoms with E-state index in [1.165, 1.54) is 18.3 Å². The van der Waals surface area contributed by atoms with Gasteiger partial charge in [0.25, 0.3) is 5.92 Å². The Bertz CT molecular complexity index is 535. The first-order chi connectivity index (χ1) is 9.31. The SMILES string of the molecule is CC(C(=O)O)C1CCC(F)(F)[C@@H](c2ccc(=O)[nH]c2)C1. The number of hydrogen-bond donors (Lipinski definition) is 2. The Morgan fingerprint density at radius 2 is 2.20 bits per heavy atom. The lowest BCUT2D eigenvalue weighted by atomic mass is 9.71. The predicted molar refractivity (Wildman–Crippen MR) is 68.9 cm³/mol. The molecule has 2 unspecified atom stereocenters. The molecule has 1 fully saturated rings. The number of pyridine rings is 1. The highest BCUT2D eigenvalue weighted by molar-refractivity contribution is 5.69. The second-order valence-electron chi connectivity index (χ2n) is 5.46. The van der Waals surface area contributed by atoms with Crippen LogP contribution in [0.15, 0.2) is 23.1 Å². The molecule has 2 rings (SSSR count). The molecule has 0 radical (unpaired) electrons. The Labute approximate surface area is 114 Å². The molecule has 0 bridgehead atoms. The maximum atomic E-state index is 14.1. The van der Waals surface area contributed by atoms with Gasteiger partial charge < -0.3 is 10.1 Å². The van der Waals surface area contributed by atoms with Gasteiger partial charge in [-0.1, -0.05) is 13.0 Å². The number of nitrogens with one attached hydrogen (secondary N) is 1. The lowest BCUT2D eigenvalue weighted by Crippen LogP contribution is -2.37. The van der Waals surface area contributed by atoms with Crippen LogP contribution in [0.25, 0.3) is 0 Å². The number of rotatable bonds is 3.